The van der Waals surface area contributed by atoms with Crippen molar-refractivity contribution in [3.63, 3.8) is 0 Å². The fourth-order valence-corrected chi connectivity index (χ4v) is 3.07. The maximum absolute atomic E-state index is 13.2. The normalized spacial score (nSPS) is 25.6. The number of nitrogens with zero attached hydrogens (tertiary/aromatic N) is 1. The summed E-state index contributed by atoms with van der Waals surface area (Å²) in [5.74, 6) is -4.26. The Morgan fingerprint density at radius 2 is 1.90 bits per heavy atom. The Kier molecular flexibility index (Phi) is 3.41. The molecule has 1 aromatic rings. The van der Waals surface area contributed by atoms with Crippen LogP contribution >= 0.6 is 0 Å². The summed E-state index contributed by atoms with van der Waals surface area (Å²) in [4.78, 5) is 13.8. The smallest absolute Gasteiger partial charge is 0.254 e. The number of amides is 1. The number of fused-ring (bicyclic) bond motifs is 1. The number of benzene rings is 1. The number of carbonyl (C=O) groups excluding carboxylic acids is 1. The van der Waals surface area contributed by atoms with E-state index < -0.39 is 23.4 Å². The molecule has 0 aromatic heterocycles. The van der Waals surface area contributed by atoms with Crippen LogP contribution < -0.4 is 5.32 Å². The van der Waals surface area contributed by atoms with Gasteiger partial charge in [0.25, 0.3) is 5.91 Å². The second kappa shape index (κ2) is 5.09. The molecule has 3 rings (SSSR count). The minimum absolute atomic E-state index is 0.139. The lowest BCUT2D eigenvalue weighted by molar-refractivity contribution is 0.0784. The predicted molar refractivity (Wildman–Crippen MR) is 66.7 cm³/mol. The van der Waals surface area contributed by atoms with Crippen molar-refractivity contribution >= 4 is 5.91 Å². The van der Waals surface area contributed by atoms with Gasteiger partial charge in [-0.1, -0.05) is 0 Å². The molecule has 6 heteroatoms. The van der Waals surface area contributed by atoms with Gasteiger partial charge < -0.3 is 10.2 Å². The quantitative estimate of drug-likeness (QED) is 0.799. The predicted octanol–water partition coefficient (Wildman–Crippen LogP) is 1.93. The summed E-state index contributed by atoms with van der Waals surface area (Å²) >= 11 is 0. The van der Waals surface area contributed by atoms with Gasteiger partial charge in [-0.05, 0) is 37.4 Å². The molecule has 0 radical (unpaired) electrons. The number of hydrogen-bond acceptors (Lipinski definition) is 2. The van der Waals surface area contributed by atoms with E-state index in [1.165, 1.54) is 0 Å². The van der Waals surface area contributed by atoms with Gasteiger partial charge in [0.05, 0.1) is 0 Å². The molecular weight excluding hydrogens is 269 g/mol. The minimum atomic E-state index is -1.54. The number of likely N-dealkylation sites (tertiary alicyclic amines) is 1. The zero-order valence-corrected chi connectivity index (χ0v) is 10.8. The van der Waals surface area contributed by atoms with Gasteiger partial charge in [-0.15, -0.1) is 0 Å². The van der Waals surface area contributed by atoms with Crippen molar-refractivity contribution in [1.82, 2.24) is 10.2 Å². The highest BCUT2D eigenvalue weighted by Gasteiger charge is 2.36. The van der Waals surface area contributed by atoms with E-state index in [9.17, 15) is 18.0 Å². The Balaban J connectivity index is 1.79. The lowest BCUT2D eigenvalue weighted by atomic mass is 9.94. The summed E-state index contributed by atoms with van der Waals surface area (Å²) in [5.41, 5.74) is -0.139. The molecule has 0 spiro atoms. The van der Waals surface area contributed by atoms with Crippen molar-refractivity contribution in [3.8, 4) is 0 Å². The molecule has 1 amide bonds. The van der Waals surface area contributed by atoms with E-state index in [1.807, 2.05) is 0 Å². The summed E-state index contributed by atoms with van der Waals surface area (Å²) in [5, 5.41) is 3.35. The molecule has 1 aromatic carbocycles. The van der Waals surface area contributed by atoms with E-state index in [4.69, 9.17) is 0 Å². The molecule has 108 valence electrons. The Bertz CT molecular complexity index is 512. The van der Waals surface area contributed by atoms with Crippen molar-refractivity contribution in [2.24, 2.45) is 5.92 Å². The van der Waals surface area contributed by atoms with E-state index in [1.54, 1.807) is 4.90 Å². The number of halogens is 3. The van der Waals surface area contributed by atoms with Crippen LogP contribution in [0.4, 0.5) is 13.2 Å². The first-order valence-corrected chi connectivity index (χ1v) is 6.73. The number of piperidine rings is 1. The van der Waals surface area contributed by atoms with Crippen molar-refractivity contribution in [1.29, 1.82) is 0 Å². The number of rotatable bonds is 1. The van der Waals surface area contributed by atoms with Gasteiger partial charge in [0, 0.05) is 24.7 Å². The highest BCUT2D eigenvalue weighted by Crippen LogP contribution is 2.26. The number of carbonyl (C=O) groups is 1. The molecule has 2 atom stereocenters. The Morgan fingerprint density at radius 3 is 2.55 bits per heavy atom. The summed E-state index contributed by atoms with van der Waals surface area (Å²) in [6, 6.07) is 1.77. The first-order chi connectivity index (χ1) is 9.56. The lowest BCUT2D eigenvalue weighted by Gasteiger charge is -2.24. The van der Waals surface area contributed by atoms with Crippen molar-refractivity contribution < 1.29 is 18.0 Å². The summed E-state index contributed by atoms with van der Waals surface area (Å²) in [6.45, 7) is 2.05. The Morgan fingerprint density at radius 1 is 1.20 bits per heavy atom. The second-order valence-corrected chi connectivity index (χ2v) is 5.43. The minimum Gasteiger partial charge on any atom is -0.337 e. The fourth-order valence-electron chi connectivity index (χ4n) is 3.07. The molecule has 0 aliphatic carbocycles. The lowest BCUT2D eigenvalue weighted by Crippen LogP contribution is -2.41. The van der Waals surface area contributed by atoms with Gasteiger partial charge in [-0.3, -0.25) is 4.79 Å². The van der Waals surface area contributed by atoms with Crippen LogP contribution in [0.25, 0.3) is 0 Å². The topological polar surface area (TPSA) is 32.3 Å². The van der Waals surface area contributed by atoms with E-state index in [-0.39, 0.29) is 11.6 Å². The summed E-state index contributed by atoms with van der Waals surface area (Å²) in [7, 11) is 0. The second-order valence-electron chi connectivity index (χ2n) is 5.43. The van der Waals surface area contributed by atoms with Crippen LogP contribution in [-0.2, 0) is 0 Å². The molecular formula is C14H15F3N2O. The van der Waals surface area contributed by atoms with Crippen LogP contribution in [0, 0.1) is 23.4 Å². The molecule has 2 saturated heterocycles. The maximum Gasteiger partial charge on any atom is 0.254 e. The van der Waals surface area contributed by atoms with Gasteiger partial charge in [-0.2, -0.15) is 0 Å². The van der Waals surface area contributed by atoms with E-state index in [0.717, 1.165) is 31.5 Å². The largest absolute Gasteiger partial charge is 0.337 e. The van der Waals surface area contributed by atoms with Crippen molar-refractivity contribution in [3.05, 3.63) is 35.1 Å². The van der Waals surface area contributed by atoms with Crippen LogP contribution in [-0.4, -0.2) is 36.5 Å². The number of hydrogen-bond donors (Lipinski definition) is 1. The van der Waals surface area contributed by atoms with E-state index >= 15 is 0 Å². The molecule has 0 bridgehead atoms. The van der Waals surface area contributed by atoms with Gasteiger partial charge in [0.15, 0.2) is 17.5 Å². The fraction of sp³-hybridized carbons (Fsp3) is 0.500. The molecule has 20 heavy (non-hydrogen) atoms. The molecule has 0 unspecified atom stereocenters. The van der Waals surface area contributed by atoms with Gasteiger partial charge in [-0.25, -0.2) is 13.2 Å². The molecule has 2 fully saturated rings. The third-order valence-corrected chi connectivity index (χ3v) is 4.12. The van der Waals surface area contributed by atoms with Gasteiger partial charge >= 0.3 is 0 Å². The summed E-state index contributed by atoms with van der Waals surface area (Å²) < 4.78 is 39.3. The first kappa shape index (κ1) is 13.4. The van der Waals surface area contributed by atoms with Crippen LogP contribution in [0.2, 0.25) is 0 Å². The monoisotopic (exact) mass is 284 g/mol. The molecule has 2 heterocycles. The molecule has 0 saturated carbocycles. The Hall–Kier alpha value is -1.56. The first-order valence-electron chi connectivity index (χ1n) is 6.73. The molecule has 2 aliphatic rings. The van der Waals surface area contributed by atoms with Crippen LogP contribution in [0.15, 0.2) is 12.1 Å². The molecule has 1 N–H and O–H groups in total. The zero-order valence-electron chi connectivity index (χ0n) is 10.8. The highest BCUT2D eigenvalue weighted by molar-refractivity contribution is 5.94. The average molecular weight is 284 g/mol. The molecule has 2 aliphatic heterocycles. The van der Waals surface area contributed by atoms with Crippen LogP contribution in [0.5, 0.6) is 0 Å². The summed E-state index contributed by atoms with van der Waals surface area (Å²) in [6.07, 6.45) is 2.12. The third-order valence-electron chi connectivity index (χ3n) is 4.12. The SMILES string of the molecule is O=C(c1cc(F)c(F)c(F)c1)N1C[C@@H]2CCCN[C@@H]2C1. The third kappa shape index (κ3) is 2.28. The maximum atomic E-state index is 13.2. The van der Waals surface area contributed by atoms with E-state index in [0.29, 0.717) is 19.0 Å². The van der Waals surface area contributed by atoms with Gasteiger partial charge in [0.1, 0.15) is 0 Å². The van der Waals surface area contributed by atoms with Gasteiger partial charge in [0.2, 0.25) is 0 Å². The highest BCUT2D eigenvalue weighted by atomic mass is 19.2. The Labute approximate surface area is 114 Å². The van der Waals surface area contributed by atoms with Crippen LogP contribution in [0.3, 0.4) is 0 Å². The zero-order chi connectivity index (χ0) is 14.3. The standard InChI is InChI=1S/C14H15F3N2O/c15-10-4-9(5-11(16)13(10)17)14(20)19-6-8-2-1-3-18-12(8)7-19/h4-5,8,12,18H,1-3,6-7H2/t8-,12+/m0/s1. The average Bonchev–Trinajstić information content (AvgIpc) is 2.87. The molecule has 3 nitrogen and oxygen atoms in total. The van der Waals surface area contributed by atoms with Crippen molar-refractivity contribution in [2.45, 2.75) is 18.9 Å². The van der Waals surface area contributed by atoms with Crippen molar-refractivity contribution in [2.75, 3.05) is 19.6 Å². The van der Waals surface area contributed by atoms with Crippen LogP contribution in [0.1, 0.15) is 23.2 Å². The van der Waals surface area contributed by atoms with E-state index in [2.05, 4.69) is 5.32 Å². The number of nitrogens with one attached hydrogen (secondary N) is 1.